The summed E-state index contributed by atoms with van der Waals surface area (Å²) in [6.45, 7) is 6.18. The minimum atomic E-state index is 0.551. The first kappa shape index (κ1) is 18.6. The maximum absolute atomic E-state index is 5.53. The largest absolute Gasteiger partial charge is 0.378 e. The maximum Gasteiger partial charge on any atom is 0.186 e. The van der Waals surface area contributed by atoms with Gasteiger partial charge in [-0.3, -0.25) is 5.43 Å². The molecule has 0 amide bonds. The average molecular weight is 371 g/mol. The third-order valence-corrected chi connectivity index (χ3v) is 4.70. The molecule has 0 unspecified atom stereocenters. The lowest BCUT2D eigenvalue weighted by molar-refractivity contribution is 0.0548. The van der Waals surface area contributed by atoms with Crippen molar-refractivity contribution >= 4 is 29.6 Å². The first-order valence-electron chi connectivity index (χ1n) is 9.16. The van der Waals surface area contributed by atoms with Gasteiger partial charge in [0.05, 0.1) is 19.4 Å². The molecule has 6 heteroatoms. The van der Waals surface area contributed by atoms with Crippen molar-refractivity contribution in [3.63, 3.8) is 0 Å². The van der Waals surface area contributed by atoms with E-state index in [1.165, 1.54) is 22.4 Å². The molecule has 1 fully saturated rings. The van der Waals surface area contributed by atoms with Gasteiger partial charge in [0.1, 0.15) is 0 Å². The molecule has 1 aromatic rings. The number of ether oxygens (including phenoxy) is 1. The molecule has 26 heavy (non-hydrogen) atoms. The van der Waals surface area contributed by atoms with Crippen molar-refractivity contribution in [2.75, 3.05) is 32.8 Å². The van der Waals surface area contributed by atoms with E-state index >= 15 is 0 Å². The summed E-state index contributed by atoms with van der Waals surface area (Å²) in [5.74, 6) is 0. The molecule has 0 aromatic heterocycles. The zero-order chi connectivity index (χ0) is 18.2. The van der Waals surface area contributed by atoms with Gasteiger partial charge in [-0.1, -0.05) is 30.3 Å². The van der Waals surface area contributed by atoms with Crippen LogP contribution in [0.15, 0.2) is 52.3 Å². The molecular weight excluding hydrogens is 344 g/mol. The van der Waals surface area contributed by atoms with Crippen LogP contribution in [0, 0.1) is 0 Å². The number of nitrogens with one attached hydrogen (secondary N) is 2. The van der Waals surface area contributed by atoms with Crippen LogP contribution >= 0.6 is 12.2 Å². The second-order valence-electron chi connectivity index (χ2n) is 6.28. The predicted molar refractivity (Wildman–Crippen MR) is 111 cm³/mol. The van der Waals surface area contributed by atoms with E-state index in [1.807, 2.05) is 19.2 Å². The molecule has 1 aliphatic heterocycles. The Balaban J connectivity index is 1.83. The fourth-order valence-corrected chi connectivity index (χ4v) is 3.49. The van der Waals surface area contributed by atoms with Gasteiger partial charge in [0.25, 0.3) is 0 Å². The molecule has 0 saturated carbocycles. The number of allylic oxidation sites excluding steroid dienone is 2. The predicted octanol–water partition coefficient (Wildman–Crippen LogP) is 2.92. The molecule has 1 heterocycles. The Morgan fingerprint density at radius 1 is 1.23 bits per heavy atom. The zero-order valence-corrected chi connectivity index (χ0v) is 16.0. The summed E-state index contributed by atoms with van der Waals surface area (Å²) in [5, 5.41) is 7.93. The van der Waals surface area contributed by atoms with Crippen LogP contribution in [0.4, 0.5) is 0 Å². The molecule has 1 aromatic carbocycles. The number of benzene rings is 1. The molecule has 0 bridgehead atoms. The monoisotopic (exact) mass is 370 g/mol. The summed E-state index contributed by atoms with van der Waals surface area (Å²) in [6, 6.07) is 10.5. The second-order valence-corrected chi connectivity index (χ2v) is 6.69. The lowest BCUT2D eigenvalue weighted by Crippen LogP contribution is -2.36. The highest BCUT2D eigenvalue weighted by atomic mass is 32.1. The highest BCUT2D eigenvalue weighted by Crippen LogP contribution is 2.34. The Bertz CT molecular complexity index is 706. The van der Waals surface area contributed by atoms with Crippen molar-refractivity contribution in [1.29, 1.82) is 0 Å². The van der Waals surface area contributed by atoms with Gasteiger partial charge < -0.3 is 15.0 Å². The molecule has 0 spiro atoms. The van der Waals surface area contributed by atoms with Gasteiger partial charge in [-0.25, -0.2) is 0 Å². The maximum atomic E-state index is 5.53. The highest BCUT2D eigenvalue weighted by Gasteiger charge is 2.25. The number of rotatable bonds is 5. The molecule has 5 nitrogen and oxygen atoms in total. The molecule has 3 rings (SSSR count). The summed E-state index contributed by atoms with van der Waals surface area (Å²) in [4.78, 5) is 2.43. The van der Waals surface area contributed by atoms with E-state index in [-0.39, 0.29) is 0 Å². The number of nitrogens with zero attached hydrogens (tertiary/aromatic N) is 2. The summed E-state index contributed by atoms with van der Waals surface area (Å²) in [5.41, 5.74) is 8.05. The Morgan fingerprint density at radius 3 is 2.73 bits per heavy atom. The minimum Gasteiger partial charge on any atom is -0.378 e. The van der Waals surface area contributed by atoms with Crippen LogP contribution in [0.2, 0.25) is 0 Å². The van der Waals surface area contributed by atoms with Crippen LogP contribution in [0.3, 0.4) is 0 Å². The second kappa shape index (κ2) is 9.50. The lowest BCUT2D eigenvalue weighted by Gasteiger charge is -2.31. The molecule has 0 radical (unpaired) electrons. The van der Waals surface area contributed by atoms with Gasteiger partial charge in [0, 0.05) is 25.3 Å². The van der Waals surface area contributed by atoms with Gasteiger partial charge in [-0.05, 0) is 54.8 Å². The van der Waals surface area contributed by atoms with E-state index in [9.17, 15) is 0 Å². The number of hydrazone groups is 1. The highest BCUT2D eigenvalue weighted by molar-refractivity contribution is 7.80. The topological polar surface area (TPSA) is 48.9 Å². The van der Waals surface area contributed by atoms with Crippen molar-refractivity contribution < 1.29 is 4.74 Å². The fourth-order valence-electron chi connectivity index (χ4n) is 3.29. The van der Waals surface area contributed by atoms with Gasteiger partial charge in [0.2, 0.25) is 0 Å². The molecule has 2 N–H and O–H groups in total. The molecule has 2 aliphatic rings. The van der Waals surface area contributed by atoms with Crippen LogP contribution in [0.1, 0.15) is 25.3 Å². The molecule has 0 atom stereocenters. The first-order chi connectivity index (χ1) is 12.8. The van der Waals surface area contributed by atoms with Crippen LogP contribution in [-0.4, -0.2) is 49.1 Å². The Hall–Kier alpha value is -2.18. The molecular formula is C20H26N4OS. The summed E-state index contributed by atoms with van der Waals surface area (Å²) in [6.07, 6.45) is 6.23. The van der Waals surface area contributed by atoms with Gasteiger partial charge in [-0.15, -0.1) is 0 Å². The van der Waals surface area contributed by atoms with Crippen LogP contribution in [0.5, 0.6) is 0 Å². The van der Waals surface area contributed by atoms with E-state index in [2.05, 4.69) is 51.1 Å². The number of hydrogen-bond acceptors (Lipinski definition) is 4. The quantitative estimate of drug-likeness (QED) is 0.474. The van der Waals surface area contributed by atoms with Crippen molar-refractivity contribution in [2.45, 2.75) is 19.8 Å². The van der Waals surface area contributed by atoms with Crippen molar-refractivity contribution in [1.82, 2.24) is 15.6 Å². The number of thiocarbonyl (C=S) groups is 1. The Morgan fingerprint density at radius 2 is 2.00 bits per heavy atom. The SMILES string of the molecule is CCNC(=S)N/N=C\C1=C(N2CCOCC2)C(=Cc2ccccc2)CC1. The van der Waals surface area contributed by atoms with Crippen molar-refractivity contribution in [3.8, 4) is 0 Å². The van der Waals surface area contributed by atoms with Crippen LogP contribution < -0.4 is 10.7 Å². The standard InChI is InChI=1S/C20H26N4OS/c1-2-21-20(26)23-22-15-18-9-8-17(14-16-6-4-3-5-7-16)19(18)24-10-12-25-13-11-24/h3-7,14-15H,2,8-13H2,1H3,(H2,21,23,26)/b17-14?,22-15-. The first-order valence-corrected chi connectivity index (χ1v) is 9.57. The van der Waals surface area contributed by atoms with Gasteiger partial charge in [0.15, 0.2) is 5.11 Å². The van der Waals surface area contributed by atoms with E-state index < -0.39 is 0 Å². The van der Waals surface area contributed by atoms with Gasteiger partial charge >= 0.3 is 0 Å². The Kier molecular flexibility index (Phi) is 6.80. The van der Waals surface area contributed by atoms with Crippen molar-refractivity contribution in [3.05, 3.63) is 52.7 Å². The van der Waals surface area contributed by atoms with E-state index in [4.69, 9.17) is 17.0 Å². The Labute approximate surface area is 160 Å². The van der Waals surface area contributed by atoms with E-state index in [0.29, 0.717) is 5.11 Å². The molecule has 1 aliphatic carbocycles. The molecule has 1 saturated heterocycles. The van der Waals surface area contributed by atoms with E-state index in [0.717, 1.165) is 45.7 Å². The molecule has 138 valence electrons. The van der Waals surface area contributed by atoms with Crippen LogP contribution in [-0.2, 0) is 4.74 Å². The minimum absolute atomic E-state index is 0.551. The normalized spacial score (nSPS) is 19.4. The smallest absolute Gasteiger partial charge is 0.186 e. The van der Waals surface area contributed by atoms with E-state index in [1.54, 1.807) is 0 Å². The summed E-state index contributed by atoms with van der Waals surface area (Å²) < 4.78 is 5.53. The third-order valence-electron chi connectivity index (χ3n) is 4.46. The number of morpholine rings is 1. The van der Waals surface area contributed by atoms with Gasteiger partial charge in [-0.2, -0.15) is 5.10 Å². The third kappa shape index (κ3) is 4.93. The average Bonchev–Trinajstić information content (AvgIpc) is 3.06. The lowest BCUT2D eigenvalue weighted by atomic mass is 10.1. The van der Waals surface area contributed by atoms with Crippen LogP contribution in [0.25, 0.3) is 6.08 Å². The van der Waals surface area contributed by atoms with Crippen molar-refractivity contribution in [2.24, 2.45) is 5.10 Å². The fraction of sp³-hybridized carbons (Fsp3) is 0.400. The summed E-state index contributed by atoms with van der Waals surface area (Å²) >= 11 is 5.17. The number of hydrogen-bond donors (Lipinski definition) is 2. The zero-order valence-electron chi connectivity index (χ0n) is 15.2. The summed E-state index contributed by atoms with van der Waals surface area (Å²) in [7, 11) is 0.